The number of nitrogens with one attached hydrogen (secondary N) is 1. The molecule has 0 saturated heterocycles. The number of rotatable bonds is 5. The van der Waals surface area contributed by atoms with Crippen molar-refractivity contribution in [1.29, 1.82) is 0 Å². The molecular weight excluding hydrogens is 296 g/mol. The highest BCUT2D eigenvalue weighted by Gasteiger charge is 2.30. The molecule has 126 valence electrons. The molecule has 1 aromatic carbocycles. The van der Waals surface area contributed by atoms with Gasteiger partial charge in [-0.25, -0.2) is 0 Å². The lowest BCUT2D eigenvalue weighted by Crippen LogP contribution is -2.49. The topological polar surface area (TPSA) is 55.1 Å². The molecule has 0 radical (unpaired) electrons. The summed E-state index contributed by atoms with van der Waals surface area (Å²) >= 11 is 0. The molecule has 22 heavy (non-hydrogen) atoms. The summed E-state index contributed by atoms with van der Waals surface area (Å²) in [6, 6.07) is 9.50. The number of carbonyl (C=O) groups excluding carboxylic acids is 1. The summed E-state index contributed by atoms with van der Waals surface area (Å²) in [5.41, 5.74) is 7.15. The van der Waals surface area contributed by atoms with E-state index in [9.17, 15) is 4.79 Å². The first-order valence-electron chi connectivity index (χ1n) is 7.64. The van der Waals surface area contributed by atoms with Gasteiger partial charge >= 0.3 is 0 Å². The maximum Gasteiger partial charge on any atom is 0.225 e. The molecule has 3 N–H and O–H groups in total. The Kier molecular flexibility index (Phi) is 7.60. The fraction of sp³-hybridized carbons (Fsp3) is 0.611. The predicted octanol–water partition coefficient (Wildman–Crippen LogP) is 4.08. The van der Waals surface area contributed by atoms with Crippen molar-refractivity contribution < 1.29 is 4.79 Å². The fourth-order valence-corrected chi connectivity index (χ4v) is 2.94. The molecule has 0 aliphatic heterocycles. The van der Waals surface area contributed by atoms with Gasteiger partial charge in [-0.3, -0.25) is 4.79 Å². The van der Waals surface area contributed by atoms with Gasteiger partial charge in [0.15, 0.2) is 0 Å². The van der Waals surface area contributed by atoms with Crippen molar-refractivity contribution in [3.63, 3.8) is 0 Å². The minimum Gasteiger partial charge on any atom is -0.351 e. The number of carbonyl (C=O) groups is 1. The number of nitrogens with two attached hydrogens (primary N) is 1. The second kappa shape index (κ2) is 7.98. The molecule has 1 rings (SSSR count). The quantitative estimate of drug-likeness (QED) is 0.856. The Bertz CT molecular complexity index is 466. The molecule has 0 heterocycles. The monoisotopic (exact) mass is 326 g/mol. The molecule has 1 aromatic rings. The molecule has 0 saturated carbocycles. The zero-order chi connectivity index (χ0) is 16.3. The number of amides is 1. The highest BCUT2D eigenvalue weighted by molar-refractivity contribution is 5.85. The molecule has 0 aromatic heterocycles. The van der Waals surface area contributed by atoms with E-state index >= 15 is 0 Å². The third-order valence-corrected chi connectivity index (χ3v) is 3.57. The number of hydrogen-bond donors (Lipinski definition) is 2. The van der Waals surface area contributed by atoms with E-state index in [1.54, 1.807) is 0 Å². The van der Waals surface area contributed by atoms with E-state index in [4.69, 9.17) is 5.73 Å². The van der Waals surface area contributed by atoms with Crippen LogP contribution in [0.1, 0.15) is 59.6 Å². The van der Waals surface area contributed by atoms with E-state index in [-0.39, 0.29) is 41.2 Å². The first kappa shape index (κ1) is 20.9. The molecule has 0 bridgehead atoms. The summed E-state index contributed by atoms with van der Waals surface area (Å²) in [6.45, 7) is 12.6. The number of halogens is 1. The van der Waals surface area contributed by atoms with Crippen molar-refractivity contribution in [2.24, 2.45) is 17.1 Å². The van der Waals surface area contributed by atoms with Crippen LogP contribution in [0.4, 0.5) is 0 Å². The molecule has 0 aliphatic rings. The van der Waals surface area contributed by atoms with Crippen LogP contribution >= 0.6 is 12.4 Å². The molecule has 1 amide bonds. The van der Waals surface area contributed by atoms with Crippen LogP contribution in [-0.2, 0) is 4.79 Å². The van der Waals surface area contributed by atoms with Crippen LogP contribution in [0.3, 0.4) is 0 Å². The van der Waals surface area contributed by atoms with E-state index in [1.165, 1.54) is 0 Å². The van der Waals surface area contributed by atoms with Crippen LogP contribution in [0.25, 0.3) is 0 Å². The van der Waals surface area contributed by atoms with Crippen molar-refractivity contribution >= 4 is 18.3 Å². The van der Waals surface area contributed by atoms with Gasteiger partial charge in [0.25, 0.3) is 0 Å². The molecule has 2 unspecified atom stereocenters. The molecule has 0 spiro atoms. The van der Waals surface area contributed by atoms with Gasteiger partial charge < -0.3 is 11.1 Å². The maximum atomic E-state index is 12.5. The Morgan fingerprint density at radius 3 is 2.09 bits per heavy atom. The second-order valence-corrected chi connectivity index (χ2v) is 7.84. The van der Waals surface area contributed by atoms with E-state index in [0.29, 0.717) is 0 Å². The first-order chi connectivity index (χ1) is 9.52. The van der Waals surface area contributed by atoms with Gasteiger partial charge in [0.05, 0.1) is 5.92 Å². The highest BCUT2D eigenvalue weighted by atomic mass is 35.5. The van der Waals surface area contributed by atoms with Crippen LogP contribution in [0.2, 0.25) is 0 Å². The second-order valence-electron chi connectivity index (χ2n) is 7.84. The Morgan fingerprint density at radius 2 is 1.64 bits per heavy atom. The van der Waals surface area contributed by atoms with Gasteiger partial charge in [-0.05, 0) is 31.2 Å². The largest absolute Gasteiger partial charge is 0.351 e. The smallest absolute Gasteiger partial charge is 0.225 e. The minimum atomic E-state index is -0.281. The van der Waals surface area contributed by atoms with Gasteiger partial charge in [-0.1, -0.05) is 58.0 Å². The lowest BCUT2D eigenvalue weighted by molar-refractivity contribution is -0.127. The first-order valence-corrected chi connectivity index (χ1v) is 7.64. The maximum absolute atomic E-state index is 12.5. The van der Waals surface area contributed by atoms with Gasteiger partial charge in [0.2, 0.25) is 5.91 Å². The van der Waals surface area contributed by atoms with Crippen LogP contribution in [0, 0.1) is 11.3 Å². The number of benzene rings is 1. The van der Waals surface area contributed by atoms with Crippen molar-refractivity contribution in [3.8, 4) is 0 Å². The predicted molar refractivity (Wildman–Crippen MR) is 96.1 cm³/mol. The van der Waals surface area contributed by atoms with Crippen molar-refractivity contribution in [3.05, 3.63) is 35.9 Å². The molecule has 3 nitrogen and oxygen atoms in total. The molecule has 0 fully saturated rings. The van der Waals surface area contributed by atoms with Crippen LogP contribution in [0.5, 0.6) is 0 Å². The lowest BCUT2D eigenvalue weighted by atomic mass is 9.81. The Labute approximate surface area is 141 Å². The number of hydrogen-bond acceptors (Lipinski definition) is 2. The SMILES string of the molecule is CC(C(=O)NC(C)(C)CC(C)(C)C)C(N)c1ccccc1.Cl. The van der Waals surface area contributed by atoms with Crippen LogP contribution < -0.4 is 11.1 Å². The van der Waals surface area contributed by atoms with Gasteiger partial charge in [-0.2, -0.15) is 0 Å². The highest BCUT2D eigenvalue weighted by Crippen LogP contribution is 2.28. The Morgan fingerprint density at radius 1 is 1.14 bits per heavy atom. The van der Waals surface area contributed by atoms with Crippen molar-refractivity contribution in [2.75, 3.05) is 0 Å². The average molecular weight is 327 g/mol. The Balaban J connectivity index is 0.00000441. The summed E-state index contributed by atoms with van der Waals surface area (Å²) in [5.74, 6) is -0.243. The third kappa shape index (κ3) is 6.80. The normalized spacial score (nSPS) is 14.7. The van der Waals surface area contributed by atoms with E-state index < -0.39 is 0 Å². The van der Waals surface area contributed by atoms with E-state index in [2.05, 4.69) is 39.9 Å². The standard InChI is InChI=1S/C18H30N2O.ClH/c1-13(15(19)14-10-8-7-9-11-14)16(21)20-18(5,6)12-17(2,3)4;/h7-11,13,15H,12,19H2,1-6H3,(H,20,21);1H. The van der Waals surface area contributed by atoms with Gasteiger partial charge in [0.1, 0.15) is 0 Å². The van der Waals surface area contributed by atoms with E-state index in [0.717, 1.165) is 12.0 Å². The average Bonchev–Trinajstić information content (AvgIpc) is 2.34. The van der Waals surface area contributed by atoms with Gasteiger partial charge in [0, 0.05) is 11.6 Å². The van der Waals surface area contributed by atoms with Crippen LogP contribution in [0.15, 0.2) is 30.3 Å². The fourth-order valence-electron chi connectivity index (χ4n) is 2.94. The summed E-state index contributed by atoms with van der Waals surface area (Å²) in [5, 5.41) is 3.14. The molecule has 4 heteroatoms. The van der Waals surface area contributed by atoms with Crippen LogP contribution in [-0.4, -0.2) is 11.4 Å². The summed E-state index contributed by atoms with van der Waals surface area (Å²) < 4.78 is 0. The molecule has 0 aliphatic carbocycles. The summed E-state index contributed by atoms with van der Waals surface area (Å²) in [4.78, 5) is 12.5. The molecular formula is C18H31ClN2O. The van der Waals surface area contributed by atoms with Gasteiger partial charge in [-0.15, -0.1) is 12.4 Å². The summed E-state index contributed by atoms with van der Waals surface area (Å²) in [6.07, 6.45) is 0.916. The molecule has 2 atom stereocenters. The summed E-state index contributed by atoms with van der Waals surface area (Å²) in [7, 11) is 0. The Hall–Kier alpha value is -1.06. The zero-order valence-electron chi connectivity index (χ0n) is 14.6. The van der Waals surface area contributed by atoms with E-state index in [1.807, 2.05) is 37.3 Å². The lowest BCUT2D eigenvalue weighted by Gasteiger charge is -2.35. The van der Waals surface area contributed by atoms with Crippen molar-refractivity contribution in [2.45, 2.75) is 59.5 Å². The van der Waals surface area contributed by atoms with Crippen molar-refractivity contribution in [1.82, 2.24) is 5.32 Å². The minimum absolute atomic E-state index is 0. The zero-order valence-corrected chi connectivity index (χ0v) is 15.5. The third-order valence-electron chi connectivity index (χ3n) is 3.57.